The molecular weight excluding hydrogens is 366 g/mol. The van der Waals surface area contributed by atoms with Crippen molar-refractivity contribution in [2.75, 3.05) is 29.4 Å². The maximum absolute atomic E-state index is 14.9. The molecule has 0 radical (unpaired) electrons. The lowest BCUT2D eigenvalue weighted by molar-refractivity contribution is -0.137. The van der Waals surface area contributed by atoms with E-state index in [0.29, 0.717) is 55.1 Å². The van der Waals surface area contributed by atoms with Gasteiger partial charge in [0.15, 0.2) is 0 Å². The van der Waals surface area contributed by atoms with E-state index in [1.54, 1.807) is 0 Å². The molecular formula is C20H26F2N4O2. The van der Waals surface area contributed by atoms with Crippen LogP contribution in [0.25, 0.3) is 0 Å². The van der Waals surface area contributed by atoms with Crippen LogP contribution in [0.2, 0.25) is 0 Å². The molecule has 5 rings (SSSR count). The molecule has 0 spiro atoms. The molecule has 1 unspecified atom stereocenters. The van der Waals surface area contributed by atoms with Crippen molar-refractivity contribution in [2.24, 2.45) is 17.8 Å². The first-order valence-electron chi connectivity index (χ1n) is 10.4. The lowest BCUT2D eigenvalue weighted by Crippen LogP contribution is -2.47. The summed E-state index contributed by atoms with van der Waals surface area (Å²) >= 11 is 0. The Hall–Kier alpha value is -1.99. The highest BCUT2D eigenvalue weighted by Crippen LogP contribution is 2.55. The zero-order chi connectivity index (χ0) is 19.6. The topological polar surface area (TPSA) is 69.6 Å². The van der Waals surface area contributed by atoms with E-state index in [0.717, 1.165) is 19.4 Å². The summed E-state index contributed by atoms with van der Waals surface area (Å²) in [4.78, 5) is 24.3. The maximum atomic E-state index is 14.9. The Labute approximate surface area is 162 Å². The van der Waals surface area contributed by atoms with E-state index >= 15 is 0 Å². The molecule has 8 heteroatoms. The van der Waals surface area contributed by atoms with Gasteiger partial charge in [0.1, 0.15) is 11.5 Å². The van der Waals surface area contributed by atoms with Crippen molar-refractivity contribution in [3.8, 4) is 0 Å². The van der Waals surface area contributed by atoms with Crippen molar-refractivity contribution in [1.29, 1.82) is 0 Å². The molecule has 4 aliphatic rings. The summed E-state index contributed by atoms with van der Waals surface area (Å²) in [6.07, 6.45) is 2.87. The fraction of sp³-hybridized carbons (Fsp3) is 0.750. The number of hydrogen-bond donors (Lipinski definition) is 1. The molecule has 28 heavy (non-hydrogen) atoms. The minimum atomic E-state index is -2.92. The number of aliphatic carboxylic acids is 1. The molecule has 4 atom stereocenters. The molecule has 2 aliphatic carbocycles. The number of carboxylic acids is 1. The van der Waals surface area contributed by atoms with Gasteiger partial charge in [0.05, 0.1) is 0 Å². The minimum absolute atomic E-state index is 0.0771. The maximum Gasteiger partial charge on any atom is 0.303 e. The van der Waals surface area contributed by atoms with Crippen LogP contribution in [0.4, 0.5) is 20.5 Å². The third kappa shape index (κ3) is 2.83. The summed E-state index contributed by atoms with van der Waals surface area (Å²) < 4.78 is 29.8. The summed E-state index contributed by atoms with van der Waals surface area (Å²) in [5, 5.41) is 9.04. The molecule has 1 N–H and O–H groups in total. The first-order chi connectivity index (χ1) is 13.3. The molecule has 1 saturated carbocycles. The fourth-order valence-electron chi connectivity index (χ4n) is 5.29. The van der Waals surface area contributed by atoms with Gasteiger partial charge in [-0.2, -0.15) is 13.8 Å². The highest BCUT2D eigenvalue weighted by atomic mass is 19.3. The van der Waals surface area contributed by atoms with Gasteiger partial charge in [-0.3, -0.25) is 4.79 Å². The quantitative estimate of drug-likeness (QED) is 0.795. The number of alkyl halides is 2. The van der Waals surface area contributed by atoms with Gasteiger partial charge in [0.25, 0.3) is 5.92 Å². The van der Waals surface area contributed by atoms with Crippen LogP contribution in [-0.4, -0.2) is 46.7 Å². The van der Waals surface area contributed by atoms with E-state index in [2.05, 4.69) is 16.8 Å². The van der Waals surface area contributed by atoms with E-state index in [9.17, 15) is 13.6 Å². The van der Waals surface area contributed by atoms with Crippen LogP contribution in [0.1, 0.15) is 50.3 Å². The van der Waals surface area contributed by atoms with E-state index in [1.165, 1.54) is 0 Å². The van der Waals surface area contributed by atoms with E-state index < -0.39 is 11.9 Å². The molecule has 0 bridgehead atoms. The number of rotatable bonds is 4. The van der Waals surface area contributed by atoms with Gasteiger partial charge in [0, 0.05) is 44.1 Å². The zero-order valence-corrected chi connectivity index (χ0v) is 16.1. The van der Waals surface area contributed by atoms with Crippen LogP contribution in [-0.2, 0) is 17.1 Å². The standard InChI is InChI=1S/C20H26F2N4O2/c1-11-5-7-26(11)19-23-17-12(4-2-3-6-20(17,21)22)18(24-19)25-9-14-13(8-16(27)28)15(14)10-25/h11,13-15H,2-10H2,1H3,(H,27,28)/t11?,13-,14-,15+. The molecule has 152 valence electrons. The molecule has 0 amide bonds. The summed E-state index contributed by atoms with van der Waals surface area (Å²) in [7, 11) is 0. The van der Waals surface area contributed by atoms with Gasteiger partial charge in [-0.1, -0.05) is 0 Å². The van der Waals surface area contributed by atoms with E-state index in [1.807, 2.05) is 4.90 Å². The van der Waals surface area contributed by atoms with Crippen molar-refractivity contribution in [1.82, 2.24) is 9.97 Å². The monoisotopic (exact) mass is 392 g/mol. The average molecular weight is 392 g/mol. The predicted molar refractivity (Wildman–Crippen MR) is 99.8 cm³/mol. The van der Waals surface area contributed by atoms with E-state index in [-0.39, 0.29) is 30.5 Å². The van der Waals surface area contributed by atoms with Gasteiger partial charge in [-0.05, 0) is 50.4 Å². The number of aromatic nitrogens is 2. The smallest absolute Gasteiger partial charge is 0.303 e. The highest BCUT2D eigenvalue weighted by molar-refractivity contribution is 5.68. The zero-order valence-electron chi connectivity index (χ0n) is 16.1. The van der Waals surface area contributed by atoms with Crippen LogP contribution in [0.15, 0.2) is 0 Å². The van der Waals surface area contributed by atoms with Gasteiger partial charge >= 0.3 is 5.97 Å². The molecule has 2 saturated heterocycles. The van der Waals surface area contributed by atoms with E-state index in [4.69, 9.17) is 10.1 Å². The van der Waals surface area contributed by atoms with Crippen molar-refractivity contribution >= 4 is 17.7 Å². The number of halogens is 2. The van der Waals surface area contributed by atoms with Crippen LogP contribution in [0.5, 0.6) is 0 Å². The van der Waals surface area contributed by atoms with Crippen molar-refractivity contribution in [2.45, 2.75) is 57.4 Å². The second-order valence-electron chi connectivity index (χ2n) is 8.91. The minimum Gasteiger partial charge on any atom is -0.481 e. The number of carboxylic acid groups (broad SMARTS) is 1. The molecule has 2 aliphatic heterocycles. The van der Waals surface area contributed by atoms with Crippen LogP contribution < -0.4 is 9.80 Å². The number of fused-ring (bicyclic) bond motifs is 2. The molecule has 1 aromatic heterocycles. The van der Waals surface area contributed by atoms with Crippen LogP contribution in [0.3, 0.4) is 0 Å². The Morgan fingerprint density at radius 1 is 1.25 bits per heavy atom. The summed E-state index contributed by atoms with van der Waals surface area (Å²) in [5.74, 6) is -1.65. The first kappa shape index (κ1) is 18.1. The average Bonchev–Trinajstić information content (AvgIpc) is 3.10. The van der Waals surface area contributed by atoms with Gasteiger partial charge < -0.3 is 14.9 Å². The first-order valence-corrected chi connectivity index (χ1v) is 10.4. The third-order valence-electron chi connectivity index (χ3n) is 7.15. The number of carbonyl (C=O) groups is 1. The molecule has 6 nitrogen and oxygen atoms in total. The number of nitrogens with zero attached hydrogens (tertiary/aromatic N) is 4. The Morgan fingerprint density at radius 3 is 2.61 bits per heavy atom. The second-order valence-corrected chi connectivity index (χ2v) is 8.91. The van der Waals surface area contributed by atoms with Crippen LogP contribution >= 0.6 is 0 Å². The molecule has 3 fully saturated rings. The Bertz CT molecular complexity index is 806. The lowest BCUT2D eigenvalue weighted by Gasteiger charge is -2.39. The Morgan fingerprint density at radius 2 is 2.00 bits per heavy atom. The van der Waals surface area contributed by atoms with Crippen molar-refractivity contribution in [3.63, 3.8) is 0 Å². The number of hydrogen-bond acceptors (Lipinski definition) is 5. The Kier molecular flexibility index (Phi) is 4.04. The summed E-state index contributed by atoms with van der Waals surface area (Å²) in [6.45, 7) is 4.30. The summed E-state index contributed by atoms with van der Waals surface area (Å²) in [6, 6.07) is 0.275. The lowest BCUT2D eigenvalue weighted by atomic mass is 10.0. The number of piperidine rings is 1. The Balaban J connectivity index is 1.49. The van der Waals surface area contributed by atoms with Crippen molar-refractivity contribution in [3.05, 3.63) is 11.3 Å². The normalized spacial score (nSPS) is 33.0. The summed E-state index contributed by atoms with van der Waals surface area (Å²) in [5.41, 5.74) is 0.530. The van der Waals surface area contributed by atoms with Gasteiger partial charge in [-0.25, -0.2) is 4.98 Å². The largest absolute Gasteiger partial charge is 0.481 e. The van der Waals surface area contributed by atoms with Gasteiger partial charge in [0.2, 0.25) is 5.95 Å². The highest BCUT2D eigenvalue weighted by Gasteiger charge is 2.57. The van der Waals surface area contributed by atoms with Crippen LogP contribution in [0, 0.1) is 17.8 Å². The van der Waals surface area contributed by atoms with Crippen molar-refractivity contribution < 1.29 is 18.7 Å². The third-order valence-corrected chi connectivity index (χ3v) is 7.15. The molecule has 3 heterocycles. The molecule has 1 aromatic rings. The predicted octanol–water partition coefficient (Wildman–Crippen LogP) is 3.05. The van der Waals surface area contributed by atoms with Gasteiger partial charge in [-0.15, -0.1) is 0 Å². The fourth-order valence-corrected chi connectivity index (χ4v) is 5.29. The molecule has 0 aromatic carbocycles. The second kappa shape index (κ2) is 6.26. The SMILES string of the molecule is CC1CCN1c1nc(N2C[C@@H]3[C@@H](CC(=O)O)[C@@H]3C2)c2c(n1)C(F)(F)CCCC2. The number of anilines is 2.